The molecule has 0 bridgehead atoms. The van der Waals surface area contributed by atoms with E-state index >= 15 is 0 Å². The molecule has 1 rings (SSSR count). The molecule has 0 radical (unpaired) electrons. The van der Waals surface area contributed by atoms with Gasteiger partial charge in [0.25, 0.3) is 0 Å². The molecule has 132 valence electrons. The number of allylic oxidation sites excluding steroid dienone is 2. The predicted octanol–water partition coefficient (Wildman–Crippen LogP) is 5.46. The summed E-state index contributed by atoms with van der Waals surface area (Å²) in [6, 6.07) is 9.21. The highest BCUT2D eigenvalue weighted by Gasteiger charge is 2.03. The van der Waals surface area contributed by atoms with Gasteiger partial charge in [-0.15, -0.1) is 11.8 Å². The van der Waals surface area contributed by atoms with E-state index in [0.717, 1.165) is 19.3 Å². The van der Waals surface area contributed by atoms with Crippen molar-refractivity contribution in [2.75, 3.05) is 6.54 Å². The Kier molecular flexibility index (Phi) is 12.2. The maximum atomic E-state index is 5.35. The standard InChI is InChI=1S/C16H24S.C4H12N2/c1-6-14(7-2)13(5)15-8-10-16(11-9-15)17-12(3)4;1-2-4(6)3-5/h8-12H,6-7H2,1-5H3;4H,2-3,5-6H2,1H3. The van der Waals surface area contributed by atoms with Crippen LogP contribution < -0.4 is 11.5 Å². The molecule has 0 aliphatic rings. The molecule has 1 unspecified atom stereocenters. The van der Waals surface area contributed by atoms with Crippen molar-refractivity contribution in [2.24, 2.45) is 11.5 Å². The molecule has 1 atom stereocenters. The molecule has 0 fully saturated rings. The van der Waals surface area contributed by atoms with Gasteiger partial charge in [0.1, 0.15) is 0 Å². The van der Waals surface area contributed by atoms with Crippen LogP contribution in [0.25, 0.3) is 5.57 Å². The highest BCUT2D eigenvalue weighted by Crippen LogP contribution is 2.27. The van der Waals surface area contributed by atoms with Crippen LogP contribution >= 0.6 is 11.8 Å². The van der Waals surface area contributed by atoms with E-state index in [1.165, 1.54) is 16.0 Å². The van der Waals surface area contributed by atoms with Gasteiger partial charge < -0.3 is 11.5 Å². The lowest BCUT2D eigenvalue weighted by molar-refractivity contribution is 0.660. The third-order valence-electron chi connectivity index (χ3n) is 3.87. The Morgan fingerprint density at radius 2 is 1.57 bits per heavy atom. The van der Waals surface area contributed by atoms with E-state index in [-0.39, 0.29) is 6.04 Å². The van der Waals surface area contributed by atoms with Crippen LogP contribution in [-0.2, 0) is 0 Å². The van der Waals surface area contributed by atoms with Crippen molar-refractivity contribution < 1.29 is 0 Å². The van der Waals surface area contributed by atoms with Crippen molar-refractivity contribution >= 4 is 17.3 Å². The van der Waals surface area contributed by atoms with Crippen LogP contribution in [0.4, 0.5) is 0 Å². The van der Waals surface area contributed by atoms with E-state index in [1.54, 1.807) is 5.57 Å². The van der Waals surface area contributed by atoms with Gasteiger partial charge in [-0.2, -0.15) is 0 Å². The SMILES string of the molecule is CCC(CC)=C(C)c1ccc(SC(C)C)cc1.CCC(N)CN. The van der Waals surface area contributed by atoms with Gasteiger partial charge in [0.05, 0.1) is 0 Å². The Hall–Kier alpha value is -0.770. The Morgan fingerprint density at radius 1 is 1.04 bits per heavy atom. The summed E-state index contributed by atoms with van der Waals surface area (Å²) < 4.78 is 0. The molecule has 0 saturated carbocycles. The first-order valence-corrected chi connectivity index (χ1v) is 9.68. The number of benzene rings is 1. The lowest BCUT2D eigenvalue weighted by Crippen LogP contribution is -2.28. The van der Waals surface area contributed by atoms with Gasteiger partial charge in [-0.05, 0) is 49.5 Å². The maximum Gasteiger partial charge on any atom is 0.0160 e. The topological polar surface area (TPSA) is 52.0 Å². The van der Waals surface area contributed by atoms with Crippen LogP contribution in [0.5, 0.6) is 0 Å². The fourth-order valence-electron chi connectivity index (χ4n) is 2.21. The summed E-state index contributed by atoms with van der Waals surface area (Å²) >= 11 is 1.92. The zero-order valence-corrected chi connectivity index (χ0v) is 16.7. The van der Waals surface area contributed by atoms with Gasteiger partial charge >= 0.3 is 0 Å². The van der Waals surface area contributed by atoms with E-state index in [9.17, 15) is 0 Å². The molecule has 0 aliphatic heterocycles. The third-order valence-corrected chi connectivity index (χ3v) is 4.89. The maximum absolute atomic E-state index is 5.35. The van der Waals surface area contributed by atoms with Crippen LogP contribution in [0.1, 0.15) is 66.4 Å². The molecular weight excluding hydrogens is 300 g/mol. The molecule has 4 N–H and O–H groups in total. The first kappa shape index (κ1) is 22.2. The minimum absolute atomic E-state index is 0.213. The Labute approximate surface area is 148 Å². The summed E-state index contributed by atoms with van der Waals surface area (Å²) in [4.78, 5) is 1.37. The van der Waals surface area contributed by atoms with E-state index in [1.807, 2.05) is 18.7 Å². The summed E-state index contributed by atoms with van der Waals surface area (Å²) in [6.07, 6.45) is 3.30. The van der Waals surface area contributed by atoms with E-state index in [4.69, 9.17) is 11.5 Å². The van der Waals surface area contributed by atoms with Crippen molar-refractivity contribution in [1.29, 1.82) is 0 Å². The lowest BCUT2D eigenvalue weighted by Gasteiger charge is -2.10. The normalized spacial score (nSPS) is 11.7. The summed E-state index contributed by atoms with van der Waals surface area (Å²) in [5.74, 6) is 0. The molecule has 0 aromatic heterocycles. The summed E-state index contributed by atoms with van der Waals surface area (Å²) in [7, 11) is 0. The van der Waals surface area contributed by atoms with Gasteiger partial charge in [0.15, 0.2) is 0 Å². The van der Waals surface area contributed by atoms with Crippen molar-refractivity contribution in [1.82, 2.24) is 0 Å². The van der Waals surface area contributed by atoms with Crippen LogP contribution in [0.15, 0.2) is 34.7 Å². The summed E-state index contributed by atoms with van der Waals surface area (Å²) in [5, 5.41) is 0.652. The molecule has 0 heterocycles. The zero-order chi connectivity index (χ0) is 17.8. The van der Waals surface area contributed by atoms with E-state index in [2.05, 4.69) is 58.9 Å². The fraction of sp³-hybridized carbons (Fsp3) is 0.600. The second kappa shape index (κ2) is 12.6. The Balaban J connectivity index is 0.000000688. The van der Waals surface area contributed by atoms with Crippen molar-refractivity contribution in [3.8, 4) is 0 Å². The number of nitrogens with two attached hydrogens (primary N) is 2. The monoisotopic (exact) mass is 336 g/mol. The minimum Gasteiger partial charge on any atom is -0.329 e. The molecule has 0 saturated heterocycles. The van der Waals surface area contributed by atoms with Gasteiger partial charge in [-0.3, -0.25) is 0 Å². The third kappa shape index (κ3) is 9.19. The quantitative estimate of drug-likeness (QED) is 0.650. The number of rotatable bonds is 7. The molecule has 0 aliphatic carbocycles. The van der Waals surface area contributed by atoms with E-state index < -0.39 is 0 Å². The number of thioether (sulfide) groups is 1. The molecule has 3 heteroatoms. The molecular formula is C20H36N2S. The smallest absolute Gasteiger partial charge is 0.0160 e. The van der Waals surface area contributed by atoms with Crippen molar-refractivity contribution in [2.45, 2.75) is 77.0 Å². The van der Waals surface area contributed by atoms with Crippen LogP contribution in [0.2, 0.25) is 0 Å². The molecule has 0 amide bonds. The van der Waals surface area contributed by atoms with Gasteiger partial charge in [-0.1, -0.05) is 52.3 Å². The van der Waals surface area contributed by atoms with Crippen LogP contribution in [-0.4, -0.2) is 17.8 Å². The van der Waals surface area contributed by atoms with Gasteiger partial charge in [0, 0.05) is 22.7 Å². The summed E-state index contributed by atoms with van der Waals surface area (Å²) in [5.41, 5.74) is 14.9. The van der Waals surface area contributed by atoms with Crippen molar-refractivity contribution in [3.63, 3.8) is 0 Å². The number of hydrogen-bond donors (Lipinski definition) is 2. The fourth-order valence-corrected chi connectivity index (χ4v) is 3.04. The molecule has 1 aromatic rings. The summed E-state index contributed by atoms with van der Waals surface area (Å²) in [6.45, 7) is 13.8. The first-order valence-electron chi connectivity index (χ1n) is 8.80. The predicted molar refractivity (Wildman–Crippen MR) is 108 cm³/mol. The highest BCUT2D eigenvalue weighted by molar-refractivity contribution is 7.99. The van der Waals surface area contributed by atoms with E-state index in [0.29, 0.717) is 11.8 Å². The van der Waals surface area contributed by atoms with Crippen LogP contribution in [0.3, 0.4) is 0 Å². The van der Waals surface area contributed by atoms with Crippen molar-refractivity contribution in [3.05, 3.63) is 35.4 Å². The molecule has 0 spiro atoms. The largest absolute Gasteiger partial charge is 0.329 e. The first-order chi connectivity index (χ1) is 10.9. The van der Waals surface area contributed by atoms with Gasteiger partial charge in [-0.25, -0.2) is 0 Å². The average Bonchev–Trinajstić information content (AvgIpc) is 2.55. The lowest BCUT2D eigenvalue weighted by atomic mass is 9.98. The Morgan fingerprint density at radius 3 is 1.87 bits per heavy atom. The second-order valence-corrected chi connectivity index (χ2v) is 7.68. The zero-order valence-electron chi connectivity index (χ0n) is 15.9. The van der Waals surface area contributed by atoms with Crippen LogP contribution in [0, 0.1) is 0 Å². The molecule has 1 aromatic carbocycles. The minimum atomic E-state index is 0.213. The second-order valence-electron chi connectivity index (χ2n) is 6.03. The molecule has 23 heavy (non-hydrogen) atoms. The molecule has 2 nitrogen and oxygen atoms in total. The highest BCUT2D eigenvalue weighted by atomic mass is 32.2. The van der Waals surface area contributed by atoms with Gasteiger partial charge in [0.2, 0.25) is 0 Å². The number of hydrogen-bond acceptors (Lipinski definition) is 3. The average molecular weight is 337 g/mol. The Bertz CT molecular complexity index is 439.